The second-order valence-corrected chi connectivity index (χ2v) is 6.54. The molecule has 1 amide bonds. The zero-order valence-corrected chi connectivity index (χ0v) is 15.7. The van der Waals surface area contributed by atoms with Crippen LogP contribution in [0.3, 0.4) is 0 Å². The minimum atomic E-state index is -4.68. The van der Waals surface area contributed by atoms with Gasteiger partial charge in [0.15, 0.2) is 5.69 Å². The number of benzene rings is 2. The lowest BCUT2D eigenvalue weighted by molar-refractivity contribution is -0.141. The molecule has 0 bridgehead atoms. The van der Waals surface area contributed by atoms with Crippen molar-refractivity contribution in [3.05, 3.63) is 82.1 Å². The summed E-state index contributed by atoms with van der Waals surface area (Å²) in [6.45, 7) is 2.21. The molecule has 154 valence electrons. The number of hydrogen-bond acceptors (Lipinski definition) is 2. The van der Waals surface area contributed by atoms with E-state index in [1.54, 1.807) is 12.1 Å². The van der Waals surface area contributed by atoms with Crippen LogP contribution in [0.5, 0.6) is 0 Å². The Morgan fingerprint density at radius 3 is 2.31 bits per heavy atom. The van der Waals surface area contributed by atoms with E-state index in [1.807, 2.05) is 31.2 Å². The number of carbonyl (C=O) groups is 1. The first-order valence-electron chi connectivity index (χ1n) is 8.57. The second kappa shape index (κ2) is 9.13. The SMILES string of the molecule is C.CCc1ccc(CNC(=O)c2cc(C(F)(F)F)nn2-c2ccccc2Cl)cc1. The van der Waals surface area contributed by atoms with Crippen molar-refractivity contribution in [2.75, 3.05) is 0 Å². The Balaban J connectivity index is 0.00000300. The summed E-state index contributed by atoms with van der Waals surface area (Å²) in [6, 6.07) is 14.6. The zero-order valence-electron chi connectivity index (χ0n) is 14.9. The second-order valence-electron chi connectivity index (χ2n) is 6.13. The number of amides is 1. The van der Waals surface area contributed by atoms with E-state index in [9.17, 15) is 18.0 Å². The van der Waals surface area contributed by atoms with Crippen molar-refractivity contribution >= 4 is 17.5 Å². The van der Waals surface area contributed by atoms with Gasteiger partial charge < -0.3 is 5.32 Å². The molecule has 8 heteroatoms. The number of rotatable bonds is 5. The molecule has 1 heterocycles. The van der Waals surface area contributed by atoms with E-state index in [0.717, 1.165) is 28.3 Å². The fraction of sp³-hybridized carbons (Fsp3) is 0.238. The van der Waals surface area contributed by atoms with E-state index in [1.165, 1.54) is 12.1 Å². The topological polar surface area (TPSA) is 46.9 Å². The number of alkyl halides is 3. The Labute approximate surface area is 172 Å². The van der Waals surface area contributed by atoms with Crippen molar-refractivity contribution in [3.8, 4) is 5.69 Å². The third kappa shape index (κ3) is 5.17. The van der Waals surface area contributed by atoms with Crippen LogP contribution in [-0.4, -0.2) is 15.7 Å². The van der Waals surface area contributed by atoms with Crippen LogP contribution < -0.4 is 5.32 Å². The molecule has 1 N–H and O–H groups in total. The average molecular weight is 424 g/mol. The summed E-state index contributed by atoms with van der Waals surface area (Å²) in [6.07, 6.45) is -3.79. The summed E-state index contributed by atoms with van der Waals surface area (Å²) in [4.78, 5) is 12.6. The fourth-order valence-corrected chi connectivity index (χ4v) is 2.87. The third-order valence-electron chi connectivity index (χ3n) is 4.20. The molecule has 29 heavy (non-hydrogen) atoms. The maximum absolute atomic E-state index is 13.1. The molecular weight excluding hydrogens is 403 g/mol. The first kappa shape index (κ1) is 22.5. The Morgan fingerprint density at radius 2 is 1.72 bits per heavy atom. The first-order chi connectivity index (χ1) is 13.3. The van der Waals surface area contributed by atoms with Gasteiger partial charge in [-0.25, -0.2) is 4.68 Å². The third-order valence-corrected chi connectivity index (χ3v) is 4.52. The number of halogens is 4. The maximum atomic E-state index is 13.1. The van der Waals surface area contributed by atoms with Crippen LogP contribution in [0.2, 0.25) is 5.02 Å². The van der Waals surface area contributed by atoms with Crippen LogP contribution in [0.15, 0.2) is 54.6 Å². The molecule has 0 saturated carbocycles. The van der Waals surface area contributed by atoms with Gasteiger partial charge in [0.1, 0.15) is 5.69 Å². The Morgan fingerprint density at radius 1 is 1.10 bits per heavy atom. The monoisotopic (exact) mass is 423 g/mol. The van der Waals surface area contributed by atoms with Gasteiger partial charge in [0.2, 0.25) is 0 Å². The van der Waals surface area contributed by atoms with Gasteiger partial charge in [0, 0.05) is 12.6 Å². The number of aryl methyl sites for hydroxylation is 1. The van der Waals surface area contributed by atoms with Crippen molar-refractivity contribution in [2.45, 2.75) is 33.5 Å². The van der Waals surface area contributed by atoms with Crippen LogP contribution in [0.1, 0.15) is 41.7 Å². The lowest BCUT2D eigenvalue weighted by Crippen LogP contribution is -2.25. The highest BCUT2D eigenvalue weighted by molar-refractivity contribution is 6.32. The van der Waals surface area contributed by atoms with Gasteiger partial charge >= 0.3 is 6.18 Å². The lowest BCUT2D eigenvalue weighted by atomic mass is 10.1. The molecule has 0 fully saturated rings. The fourth-order valence-electron chi connectivity index (χ4n) is 2.65. The van der Waals surface area contributed by atoms with Gasteiger partial charge in [0.25, 0.3) is 5.91 Å². The average Bonchev–Trinajstić information content (AvgIpc) is 3.12. The Hall–Kier alpha value is -2.80. The normalized spacial score (nSPS) is 11.1. The first-order valence-corrected chi connectivity index (χ1v) is 8.95. The molecule has 0 unspecified atom stereocenters. The van der Waals surface area contributed by atoms with Crippen molar-refractivity contribution < 1.29 is 18.0 Å². The van der Waals surface area contributed by atoms with Gasteiger partial charge in [0.05, 0.1) is 10.7 Å². The number of aromatic nitrogens is 2. The quantitative estimate of drug-likeness (QED) is 0.574. The highest BCUT2D eigenvalue weighted by atomic mass is 35.5. The molecule has 3 aromatic rings. The van der Waals surface area contributed by atoms with Crippen molar-refractivity contribution in [2.24, 2.45) is 0 Å². The van der Waals surface area contributed by atoms with Gasteiger partial charge in [-0.1, -0.05) is 62.3 Å². The summed E-state index contributed by atoms with van der Waals surface area (Å²) in [5.41, 5.74) is 0.777. The molecule has 0 radical (unpaired) electrons. The Bertz CT molecular complexity index is 982. The van der Waals surface area contributed by atoms with Crippen LogP contribution in [-0.2, 0) is 19.1 Å². The number of carbonyl (C=O) groups excluding carboxylic acids is 1. The molecule has 4 nitrogen and oxygen atoms in total. The lowest BCUT2D eigenvalue weighted by Gasteiger charge is -2.10. The summed E-state index contributed by atoms with van der Waals surface area (Å²) in [5, 5.41) is 6.38. The van der Waals surface area contributed by atoms with E-state index < -0.39 is 17.8 Å². The molecule has 2 aromatic carbocycles. The predicted octanol–water partition coefficient (Wildman–Crippen LogP) is 5.67. The molecule has 0 aliphatic rings. The predicted molar refractivity (Wildman–Crippen MR) is 107 cm³/mol. The summed E-state index contributed by atoms with van der Waals surface area (Å²) in [7, 11) is 0. The van der Waals surface area contributed by atoms with Crippen LogP contribution in [0.25, 0.3) is 5.69 Å². The van der Waals surface area contributed by atoms with Gasteiger partial charge in [-0.05, 0) is 29.7 Å². The van der Waals surface area contributed by atoms with E-state index in [4.69, 9.17) is 11.6 Å². The standard InChI is InChI=1S/C20H17ClF3N3O.CH4/c1-2-13-7-9-14(10-8-13)12-25-19(28)17-11-18(20(22,23)24)26-27(17)16-6-4-3-5-15(16)21;/h3-11H,2,12H2,1H3,(H,25,28);1H4. The molecule has 0 spiro atoms. The summed E-state index contributed by atoms with van der Waals surface area (Å²) < 4.78 is 40.3. The Kier molecular flexibility index (Phi) is 7.08. The largest absolute Gasteiger partial charge is 0.435 e. The number of nitrogens with one attached hydrogen (secondary N) is 1. The van der Waals surface area contributed by atoms with Crippen molar-refractivity contribution in [3.63, 3.8) is 0 Å². The molecule has 0 aliphatic heterocycles. The van der Waals surface area contributed by atoms with Gasteiger partial charge in [-0.15, -0.1) is 0 Å². The highest BCUT2D eigenvalue weighted by Gasteiger charge is 2.36. The summed E-state index contributed by atoms with van der Waals surface area (Å²) >= 11 is 6.09. The molecular formula is C21H21ClF3N3O. The van der Waals surface area contributed by atoms with Crippen LogP contribution in [0, 0.1) is 0 Å². The van der Waals surface area contributed by atoms with E-state index in [0.29, 0.717) is 0 Å². The van der Waals surface area contributed by atoms with E-state index in [2.05, 4.69) is 10.4 Å². The smallest absolute Gasteiger partial charge is 0.347 e. The van der Waals surface area contributed by atoms with Gasteiger partial charge in [-0.3, -0.25) is 4.79 Å². The van der Waals surface area contributed by atoms with Gasteiger partial charge in [-0.2, -0.15) is 18.3 Å². The van der Waals surface area contributed by atoms with E-state index >= 15 is 0 Å². The number of nitrogens with zero attached hydrogens (tertiary/aromatic N) is 2. The zero-order chi connectivity index (χ0) is 20.3. The van der Waals surface area contributed by atoms with Crippen LogP contribution in [0.4, 0.5) is 13.2 Å². The van der Waals surface area contributed by atoms with Crippen molar-refractivity contribution in [1.29, 1.82) is 0 Å². The van der Waals surface area contributed by atoms with Crippen molar-refractivity contribution in [1.82, 2.24) is 15.1 Å². The maximum Gasteiger partial charge on any atom is 0.435 e. The van der Waals surface area contributed by atoms with Crippen LogP contribution >= 0.6 is 11.6 Å². The molecule has 0 atom stereocenters. The number of para-hydroxylation sites is 1. The minimum Gasteiger partial charge on any atom is -0.347 e. The molecule has 3 rings (SSSR count). The minimum absolute atomic E-state index is 0. The number of hydrogen-bond donors (Lipinski definition) is 1. The highest BCUT2D eigenvalue weighted by Crippen LogP contribution is 2.30. The molecule has 1 aromatic heterocycles. The molecule has 0 saturated heterocycles. The summed E-state index contributed by atoms with van der Waals surface area (Å²) in [5.74, 6) is -0.678. The van der Waals surface area contributed by atoms with E-state index in [-0.39, 0.29) is 30.4 Å². The molecule has 0 aliphatic carbocycles.